The first kappa shape index (κ1) is 32.1. The summed E-state index contributed by atoms with van der Waals surface area (Å²) in [6, 6.07) is 20.5. The molecule has 5 rings (SSSR count). The number of unbranched alkanes of at least 4 members (excludes halogenated alkanes) is 3. The molecular formula is C37H41FN2O5. The lowest BCUT2D eigenvalue weighted by Crippen LogP contribution is -2.45. The van der Waals surface area contributed by atoms with Crippen LogP contribution in [0.25, 0.3) is 11.0 Å². The summed E-state index contributed by atoms with van der Waals surface area (Å²) in [6.07, 6.45) is 8.61. The van der Waals surface area contributed by atoms with Gasteiger partial charge >= 0.3 is 0 Å². The first-order chi connectivity index (χ1) is 21.9. The summed E-state index contributed by atoms with van der Waals surface area (Å²) in [5, 5.41) is 0.424. The van der Waals surface area contributed by atoms with E-state index in [-0.39, 0.29) is 55.3 Å². The lowest BCUT2D eigenvalue weighted by Gasteiger charge is -2.29. The van der Waals surface area contributed by atoms with E-state index in [2.05, 4.69) is 6.92 Å². The Labute approximate surface area is 263 Å². The fourth-order valence-electron chi connectivity index (χ4n) is 5.74. The number of aryl methyl sites for hydroxylation is 1. The zero-order chi connectivity index (χ0) is 31.6. The highest BCUT2D eigenvalue weighted by Gasteiger charge is 2.28. The fourth-order valence-corrected chi connectivity index (χ4v) is 5.74. The summed E-state index contributed by atoms with van der Waals surface area (Å²) < 4.78 is 25.2. The van der Waals surface area contributed by atoms with Crippen LogP contribution < -0.4 is 5.43 Å². The van der Waals surface area contributed by atoms with Crippen LogP contribution in [-0.4, -0.2) is 47.4 Å². The number of ether oxygens (including phenoxy) is 1. The van der Waals surface area contributed by atoms with Gasteiger partial charge in [-0.25, -0.2) is 4.39 Å². The second-order valence-corrected chi connectivity index (χ2v) is 11.8. The molecule has 3 aromatic carbocycles. The van der Waals surface area contributed by atoms with Gasteiger partial charge in [-0.05, 0) is 73.2 Å². The Kier molecular flexibility index (Phi) is 11.1. The molecule has 0 N–H and O–H groups in total. The van der Waals surface area contributed by atoms with Gasteiger partial charge in [0.2, 0.25) is 5.91 Å². The highest BCUT2D eigenvalue weighted by molar-refractivity contribution is 5.96. The van der Waals surface area contributed by atoms with E-state index < -0.39 is 0 Å². The molecule has 2 amide bonds. The van der Waals surface area contributed by atoms with Crippen LogP contribution >= 0.6 is 0 Å². The molecule has 1 aliphatic heterocycles. The van der Waals surface area contributed by atoms with E-state index in [1.165, 1.54) is 48.1 Å². The SMILES string of the molecule is CCCCCCc1ccc(C(=O)N(CC(=O)N(Cc2ccc(F)cc2)Cc2coc3ccccc3c2=O)CC2CCCO2)cc1. The molecule has 2 heterocycles. The van der Waals surface area contributed by atoms with Crippen LogP contribution in [0.15, 0.2) is 88.3 Å². The van der Waals surface area contributed by atoms with E-state index in [0.29, 0.717) is 34.3 Å². The number of hydrogen-bond acceptors (Lipinski definition) is 5. The number of rotatable bonds is 14. The van der Waals surface area contributed by atoms with Gasteiger partial charge in [0.25, 0.3) is 5.91 Å². The summed E-state index contributed by atoms with van der Waals surface area (Å²) in [6.45, 7) is 3.00. The number of para-hydroxylation sites is 1. The Balaban J connectivity index is 1.38. The average molecular weight is 613 g/mol. The zero-order valence-corrected chi connectivity index (χ0v) is 25.9. The molecule has 0 radical (unpaired) electrons. The maximum atomic E-state index is 14.0. The first-order valence-electron chi connectivity index (χ1n) is 15.9. The van der Waals surface area contributed by atoms with Gasteiger partial charge in [0, 0.05) is 25.3 Å². The van der Waals surface area contributed by atoms with Crippen molar-refractivity contribution >= 4 is 22.8 Å². The maximum absolute atomic E-state index is 14.0. The molecule has 8 heteroatoms. The third kappa shape index (κ3) is 8.66. The van der Waals surface area contributed by atoms with Gasteiger partial charge in [0.05, 0.1) is 29.9 Å². The van der Waals surface area contributed by atoms with E-state index in [9.17, 15) is 18.8 Å². The van der Waals surface area contributed by atoms with Crippen LogP contribution in [-0.2, 0) is 29.0 Å². The highest BCUT2D eigenvalue weighted by Crippen LogP contribution is 2.19. The van der Waals surface area contributed by atoms with Gasteiger partial charge in [0.15, 0.2) is 5.43 Å². The van der Waals surface area contributed by atoms with E-state index >= 15 is 0 Å². The fraction of sp³-hybridized carbons (Fsp3) is 0.378. The zero-order valence-electron chi connectivity index (χ0n) is 25.9. The molecule has 1 aliphatic rings. The lowest BCUT2D eigenvalue weighted by molar-refractivity contribution is -0.133. The number of benzene rings is 3. The van der Waals surface area contributed by atoms with Gasteiger partial charge in [-0.1, -0.05) is 62.6 Å². The summed E-state index contributed by atoms with van der Waals surface area (Å²) in [7, 11) is 0. The van der Waals surface area contributed by atoms with Gasteiger partial charge in [-0.15, -0.1) is 0 Å². The van der Waals surface area contributed by atoms with Crippen LogP contribution in [0.5, 0.6) is 0 Å². The smallest absolute Gasteiger partial charge is 0.254 e. The molecular weight excluding hydrogens is 571 g/mol. The Hall–Kier alpha value is -4.30. The summed E-state index contributed by atoms with van der Waals surface area (Å²) in [4.78, 5) is 44.3. The van der Waals surface area contributed by atoms with Crippen LogP contribution in [0.3, 0.4) is 0 Å². The number of halogens is 1. The van der Waals surface area contributed by atoms with E-state index in [1.54, 1.807) is 41.3 Å². The van der Waals surface area contributed by atoms with Crippen LogP contribution in [0.2, 0.25) is 0 Å². The molecule has 1 fully saturated rings. The molecule has 7 nitrogen and oxygen atoms in total. The van der Waals surface area contributed by atoms with Crippen LogP contribution in [0.1, 0.15) is 72.5 Å². The van der Waals surface area contributed by atoms with Gasteiger partial charge < -0.3 is 19.0 Å². The number of hydrogen-bond donors (Lipinski definition) is 0. The Morgan fingerprint density at radius 1 is 0.889 bits per heavy atom. The second kappa shape index (κ2) is 15.6. The lowest BCUT2D eigenvalue weighted by atomic mass is 10.0. The topological polar surface area (TPSA) is 80.1 Å². The molecule has 0 aliphatic carbocycles. The van der Waals surface area contributed by atoms with Crippen LogP contribution in [0.4, 0.5) is 4.39 Å². The van der Waals surface area contributed by atoms with Crippen LogP contribution in [0, 0.1) is 5.82 Å². The number of fused-ring (bicyclic) bond motifs is 1. The van der Waals surface area contributed by atoms with Crippen molar-refractivity contribution in [2.75, 3.05) is 19.7 Å². The van der Waals surface area contributed by atoms with E-state index in [4.69, 9.17) is 9.15 Å². The monoisotopic (exact) mass is 612 g/mol. The molecule has 1 atom stereocenters. The maximum Gasteiger partial charge on any atom is 0.254 e. The summed E-state index contributed by atoms with van der Waals surface area (Å²) >= 11 is 0. The minimum Gasteiger partial charge on any atom is -0.464 e. The molecule has 45 heavy (non-hydrogen) atoms. The third-order valence-corrected chi connectivity index (χ3v) is 8.33. The second-order valence-electron chi connectivity index (χ2n) is 11.8. The number of carbonyl (C=O) groups excluding carboxylic acids is 2. The molecule has 0 saturated carbocycles. The largest absolute Gasteiger partial charge is 0.464 e. The molecule has 1 saturated heterocycles. The molecule has 1 aromatic heterocycles. The standard InChI is InChI=1S/C37H41FN2O5/c1-2-3-4-5-9-27-13-17-29(18-14-27)37(43)40(24-32-10-8-21-44-32)25-35(41)39(22-28-15-19-31(38)20-16-28)23-30-26-45-34-12-7-6-11-33(34)36(30)42/h6-7,11-20,26,32H,2-5,8-10,21-25H2,1H3. The minimum absolute atomic E-state index is 0.0297. The first-order valence-corrected chi connectivity index (χ1v) is 15.9. The predicted molar refractivity (Wildman–Crippen MR) is 172 cm³/mol. The minimum atomic E-state index is -0.382. The molecule has 1 unspecified atom stereocenters. The van der Waals surface area contributed by atoms with Crippen molar-refractivity contribution in [1.82, 2.24) is 9.80 Å². The van der Waals surface area contributed by atoms with Crippen molar-refractivity contribution < 1.29 is 23.1 Å². The Morgan fingerprint density at radius 2 is 1.64 bits per heavy atom. The third-order valence-electron chi connectivity index (χ3n) is 8.33. The Bertz CT molecular complexity index is 1630. The van der Waals surface area contributed by atoms with Gasteiger partial charge in [0.1, 0.15) is 17.9 Å². The van der Waals surface area contributed by atoms with E-state index in [1.807, 2.05) is 24.3 Å². The number of nitrogens with zero attached hydrogens (tertiary/aromatic N) is 2. The Morgan fingerprint density at radius 3 is 2.38 bits per heavy atom. The average Bonchev–Trinajstić information content (AvgIpc) is 3.58. The molecule has 0 bridgehead atoms. The van der Waals surface area contributed by atoms with Crippen molar-refractivity contribution in [3.63, 3.8) is 0 Å². The van der Waals surface area contributed by atoms with Crippen molar-refractivity contribution in [1.29, 1.82) is 0 Å². The van der Waals surface area contributed by atoms with Crippen molar-refractivity contribution in [2.24, 2.45) is 0 Å². The summed E-state index contributed by atoms with van der Waals surface area (Å²) in [5.74, 6) is -0.971. The van der Waals surface area contributed by atoms with E-state index in [0.717, 1.165) is 25.7 Å². The number of carbonyl (C=O) groups is 2. The molecule has 236 valence electrons. The van der Waals surface area contributed by atoms with Crippen molar-refractivity contribution in [2.45, 2.75) is 71.1 Å². The molecule has 4 aromatic rings. The van der Waals surface area contributed by atoms with Gasteiger partial charge in [-0.2, -0.15) is 0 Å². The summed E-state index contributed by atoms with van der Waals surface area (Å²) in [5.41, 5.74) is 2.94. The predicted octanol–water partition coefficient (Wildman–Crippen LogP) is 6.91. The number of amides is 2. The molecule has 0 spiro atoms. The highest BCUT2D eigenvalue weighted by atomic mass is 19.1. The quantitative estimate of drug-likeness (QED) is 0.145. The van der Waals surface area contributed by atoms with Gasteiger partial charge in [-0.3, -0.25) is 14.4 Å². The van der Waals surface area contributed by atoms with Crippen molar-refractivity contribution in [3.8, 4) is 0 Å². The van der Waals surface area contributed by atoms with Crippen molar-refractivity contribution in [3.05, 3.63) is 117 Å². The normalized spacial score (nSPS) is 14.5.